The van der Waals surface area contributed by atoms with Crippen LogP contribution in [0.1, 0.15) is 71.1 Å². The summed E-state index contributed by atoms with van der Waals surface area (Å²) in [4.78, 5) is 0. The van der Waals surface area contributed by atoms with E-state index < -0.39 is 5.60 Å². The first kappa shape index (κ1) is 15.3. The Morgan fingerprint density at radius 1 is 1.21 bits per heavy atom. The van der Waals surface area contributed by atoms with Gasteiger partial charge in [-0.05, 0) is 32.1 Å². The maximum absolute atomic E-state index is 10.7. The van der Waals surface area contributed by atoms with E-state index in [2.05, 4.69) is 12.2 Å². The molecule has 1 saturated carbocycles. The Labute approximate surface area is 118 Å². The Morgan fingerprint density at radius 2 is 1.95 bits per heavy atom. The highest BCUT2D eigenvalue weighted by Crippen LogP contribution is 2.27. The molecule has 0 aromatic carbocycles. The van der Waals surface area contributed by atoms with Gasteiger partial charge in [-0.25, -0.2) is 0 Å². The number of nitrogens with one attached hydrogen (secondary N) is 1. The molecule has 1 aliphatic carbocycles. The first-order chi connectivity index (χ1) is 9.22. The summed E-state index contributed by atoms with van der Waals surface area (Å²) in [5.41, 5.74) is -0.449. The standard InChI is InChI=1S/C16H31NO2/c1-2-7-15-12-14(8-11-19-15)17-13-16(18)9-5-3-4-6-10-16/h14-15,17-18H,2-13H2,1H3. The number of aliphatic hydroxyl groups is 1. The van der Waals surface area contributed by atoms with Crippen LogP contribution in [0.4, 0.5) is 0 Å². The van der Waals surface area contributed by atoms with Crippen molar-refractivity contribution in [3.8, 4) is 0 Å². The fourth-order valence-corrected chi connectivity index (χ4v) is 3.49. The van der Waals surface area contributed by atoms with Crippen LogP contribution in [0, 0.1) is 0 Å². The van der Waals surface area contributed by atoms with E-state index in [9.17, 15) is 5.11 Å². The Morgan fingerprint density at radius 3 is 2.63 bits per heavy atom. The number of ether oxygens (including phenoxy) is 1. The van der Waals surface area contributed by atoms with Crippen molar-refractivity contribution < 1.29 is 9.84 Å². The van der Waals surface area contributed by atoms with Crippen LogP contribution < -0.4 is 5.32 Å². The summed E-state index contributed by atoms with van der Waals surface area (Å²) in [5.74, 6) is 0. The molecule has 0 bridgehead atoms. The molecule has 2 unspecified atom stereocenters. The van der Waals surface area contributed by atoms with Crippen molar-refractivity contribution in [2.24, 2.45) is 0 Å². The lowest BCUT2D eigenvalue weighted by atomic mass is 9.93. The van der Waals surface area contributed by atoms with Crippen molar-refractivity contribution in [3.05, 3.63) is 0 Å². The molecule has 2 N–H and O–H groups in total. The SMILES string of the molecule is CCCC1CC(NCC2(O)CCCCCC2)CCO1. The van der Waals surface area contributed by atoms with Crippen LogP contribution in [-0.4, -0.2) is 36.0 Å². The fourth-order valence-electron chi connectivity index (χ4n) is 3.49. The van der Waals surface area contributed by atoms with Crippen molar-refractivity contribution in [1.29, 1.82) is 0 Å². The fraction of sp³-hybridized carbons (Fsp3) is 1.00. The Bertz CT molecular complexity index is 247. The minimum absolute atomic E-state index is 0.431. The third-order valence-electron chi connectivity index (χ3n) is 4.73. The molecule has 1 saturated heterocycles. The van der Waals surface area contributed by atoms with Crippen LogP contribution in [-0.2, 0) is 4.74 Å². The van der Waals surface area contributed by atoms with Gasteiger partial charge in [0, 0.05) is 19.2 Å². The molecule has 2 fully saturated rings. The summed E-state index contributed by atoms with van der Waals surface area (Å²) in [7, 11) is 0. The van der Waals surface area contributed by atoms with E-state index in [1.165, 1.54) is 38.5 Å². The van der Waals surface area contributed by atoms with E-state index in [0.717, 1.165) is 38.8 Å². The van der Waals surface area contributed by atoms with E-state index in [1.54, 1.807) is 0 Å². The van der Waals surface area contributed by atoms with Crippen molar-refractivity contribution in [1.82, 2.24) is 5.32 Å². The zero-order valence-corrected chi connectivity index (χ0v) is 12.5. The lowest BCUT2D eigenvalue weighted by Gasteiger charge is -2.34. The van der Waals surface area contributed by atoms with Crippen molar-refractivity contribution in [3.63, 3.8) is 0 Å². The minimum atomic E-state index is -0.449. The third kappa shape index (κ3) is 5.05. The third-order valence-corrected chi connectivity index (χ3v) is 4.73. The Balaban J connectivity index is 1.74. The molecule has 3 heteroatoms. The van der Waals surface area contributed by atoms with Crippen molar-refractivity contribution >= 4 is 0 Å². The van der Waals surface area contributed by atoms with Gasteiger partial charge in [0.2, 0.25) is 0 Å². The summed E-state index contributed by atoms with van der Waals surface area (Å²) in [6.45, 7) is 3.87. The van der Waals surface area contributed by atoms with Gasteiger partial charge in [0.1, 0.15) is 0 Å². The molecule has 2 rings (SSSR count). The molecule has 3 nitrogen and oxygen atoms in total. The molecule has 0 aromatic heterocycles. The van der Waals surface area contributed by atoms with Gasteiger partial charge in [0.25, 0.3) is 0 Å². The minimum Gasteiger partial charge on any atom is -0.389 e. The predicted octanol–water partition coefficient (Wildman–Crippen LogP) is 3.01. The summed E-state index contributed by atoms with van der Waals surface area (Å²) in [6, 6.07) is 0.539. The van der Waals surface area contributed by atoms with Crippen LogP contribution in [0.25, 0.3) is 0 Å². The van der Waals surface area contributed by atoms with E-state index in [1.807, 2.05) is 0 Å². The van der Waals surface area contributed by atoms with Gasteiger partial charge in [-0.2, -0.15) is 0 Å². The van der Waals surface area contributed by atoms with Crippen LogP contribution in [0.15, 0.2) is 0 Å². The Kier molecular flexibility index (Phi) is 6.11. The maximum atomic E-state index is 10.7. The van der Waals surface area contributed by atoms with Crippen LogP contribution in [0.3, 0.4) is 0 Å². The monoisotopic (exact) mass is 269 g/mol. The molecule has 0 aromatic rings. The molecule has 0 amide bonds. The molecule has 1 heterocycles. The van der Waals surface area contributed by atoms with Gasteiger partial charge in [0.15, 0.2) is 0 Å². The normalized spacial score (nSPS) is 31.9. The molecule has 112 valence electrons. The first-order valence-corrected chi connectivity index (χ1v) is 8.29. The van der Waals surface area contributed by atoms with E-state index in [4.69, 9.17) is 4.74 Å². The lowest BCUT2D eigenvalue weighted by molar-refractivity contribution is -0.0155. The maximum Gasteiger partial charge on any atom is 0.0771 e. The molecule has 19 heavy (non-hydrogen) atoms. The van der Waals surface area contributed by atoms with Gasteiger partial charge in [-0.15, -0.1) is 0 Å². The summed E-state index contributed by atoms with van der Waals surface area (Å²) >= 11 is 0. The molecular formula is C16H31NO2. The molecular weight excluding hydrogens is 238 g/mol. The van der Waals surface area contributed by atoms with Gasteiger partial charge >= 0.3 is 0 Å². The van der Waals surface area contributed by atoms with E-state index >= 15 is 0 Å². The highest BCUT2D eigenvalue weighted by Gasteiger charge is 2.30. The van der Waals surface area contributed by atoms with Gasteiger partial charge in [-0.3, -0.25) is 0 Å². The number of hydrogen-bond acceptors (Lipinski definition) is 3. The number of hydrogen-bond donors (Lipinski definition) is 2. The Hall–Kier alpha value is -0.120. The topological polar surface area (TPSA) is 41.5 Å². The molecule has 0 spiro atoms. The van der Waals surface area contributed by atoms with Crippen molar-refractivity contribution in [2.75, 3.05) is 13.2 Å². The van der Waals surface area contributed by atoms with Crippen LogP contribution in [0.5, 0.6) is 0 Å². The highest BCUT2D eigenvalue weighted by molar-refractivity contribution is 4.86. The smallest absolute Gasteiger partial charge is 0.0771 e. The second-order valence-electron chi connectivity index (χ2n) is 6.52. The molecule has 0 radical (unpaired) electrons. The first-order valence-electron chi connectivity index (χ1n) is 8.29. The largest absolute Gasteiger partial charge is 0.389 e. The van der Waals surface area contributed by atoms with Gasteiger partial charge in [-0.1, -0.05) is 39.0 Å². The molecule has 2 aliphatic rings. The zero-order valence-electron chi connectivity index (χ0n) is 12.5. The number of rotatable bonds is 5. The summed E-state index contributed by atoms with van der Waals surface area (Å²) in [5, 5.41) is 14.3. The summed E-state index contributed by atoms with van der Waals surface area (Å²) in [6.07, 6.45) is 11.9. The molecule has 2 atom stereocenters. The van der Waals surface area contributed by atoms with E-state index in [0.29, 0.717) is 12.1 Å². The highest BCUT2D eigenvalue weighted by atomic mass is 16.5. The quantitative estimate of drug-likeness (QED) is 0.754. The average Bonchev–Trinajstić information content (AvgIpc) is 2.63. The molecule has 1 aliphatic heterocycles. The van der Waals surface area contributed by atoms with Gasteiger partial charge < -0.3 is 15.2 Å². The van der Waals surface area contributed by atoms with Gasteiger partial charge in [0.05, 0.1) is 11.7 Å². The second kappa shape index (κ2) is 7.61. The second-order valence-corrected chi connectivity index (χ2v) is 6.52. The van der Waals surface area contributed by atoms with Crippen LogP contribution >= 0.6 is 0 Å². The average molecular weight is 269 g/mol. The van der Waals surface area contributed by atoms with E-state index in [-0.39, 0.29) is 0 Å². The van der Waals surface area contributed by atoms with Crippen LogP contribution in [0.2, 0.25) is 0 Å². The zero-order chi connectivity index (χ0) is 13.6. The predicted molar refractivity (Wildman–Crippen MR) is 78.3 cm³/mol. The van der Waals surface area contributed by atoms with Crippen molar-refractivity contribution in [2.45, 2.75) is 88.9 Å². The lowest BCUT2D eigenvalue weighted by Crippen LogP contribution is -2.47. The summed E-state index contributed by atoms with van der Waals surface area (Å²) < 4.78 is 5.78.